The molecule has 0 aliphatic heterocycles. The van der Waals surface area contributed by atoms with Gasteiger partial charge in [-0.25, -0.2) is 0 Å². The van der Waals surface area contributed by atoms with Gasteiger partial charge in [-0.15, -0.1) is 0 Å². The Bertz CT molecular complexity index is 304. The maximum absolute atomic E-state index is 8.56. The summed E-state index contributed by atoms with van der Waals surface area (Å²) >= 11 is 6.64. The van der Waals surface area contributed by atoms with Gasteiger partial charge in [-0.2, -0.15) is 5.26 Å². The fourth-order valence-corrected chi connectivity index (χ4v) is 1.74. The van der Waals surface area contributed by atoms with Crippen LogP contribution in [0.25, 0.3) is 0 Å². The normalized spacial score (nSPS) is 12.1. The van der Waals surface area contributed by atoms with E-state index in [0.717, 1.165) is 16.5 Å². The molecule has 1 aromatic rings. The van der Waals surface area contributed by atoms with Gasteiger partial charge in [-0.3, -0.25) is 0 Å². The molecule has 0 N–H and O–H groups in total. The monoisotopic (exact) mass is 287 g/mol. The second-order valence-corrected chi connectivity index (χ2v) is 4.45. The predicted octanol–water partition coefficient (Wildman–Crippen LogP) is 3.28. The van der Waals surface area contributed by atoms with Gasteiger partial charge in [0.25, 0.3) is 0 Å². The average molecular weight is 289 g/mol. The first-order chi connectivity index (χ1) is 5.72. The maximum Gasteiger partial charge on any atom is 0.105 e. The van der Waals surface area contributed by atoms with Crippen molar-refractivity contribution >= 4 is 31.9 Å². The number of nitrogens with zero attached hydrogens (tertiary/aromatic N) is 1. The second-order valence-electron chi connectivity index (χ2n) is 2.43. The van der Waals surface area contributed by atoms with Crippen LogP contribution in [0.4, 0.5) is 0 Å². The van der Waals surface area contributed by atoms with Gasteiger partial charge in [0.2, 0.25) is 0 Å². The van der Waals surface area contributed by atoms with Gasteiger partial charge in [0.05, 0.1) is 6.07 Å². The van der Waals surface area contributed by atoms with E-state index in [2.05, 4.69) is 37.9 Å². The highest BCUT2D eigenvalue weighted by Crippen LogP contribution is 2.15. The molecule has 1 aromatic carbocycles. The van der Waals surface area contributed by atoms with E-state index in [1.54, 1.807) is 0 Å². The van der Waals surface area contributed by atoms with Crippen LogP contribution in [0.5, 0.6) is 0 Å². The lowest BCUT2D eigenvalue weighted by atomic mass is 10.1. The van der Waals surface area contributed by atoms with Crippen molar-refractivity contribution in [3.05, 3.63) is 34.3 Å². The number of hydrogen-bond donors (Lipinski definition) is 0. The SMILES string of the molecule is N#CC(Br)Cc1cccc(Br)c1. The molecule has 0 radical (unpaired) electrons. The summed E-state index contributed by atoms with van der Waals surface area (Å²) in [6, 6.07) is 10.1. The minimum Gasteiger partial charge on any atom is -0.197 e. The maximum atomic E-state index is 8.56. The summed E-state index contributed by atoms with van der Waals surface area (Å²) < 4.78 is 1.05. The third kappa shape index (κ3) is 2.96. The number of rotatable bonds is 2. The Labute approximate surface area is 88.7 Å². The predicted molar refractivity (Wildman–Crippen MR) is 56.2 cm³/mol. The first kappa shape index (κ1) is 9.76. The Balaban J connectivity index is 2.71. The van der Waals surface area contributed by atoms with E-state index >= 15 is 0 Å². The minimum atomic E-state index is -0.0909. The number of benzene rings is 1. The van der Waals surface area contributed by atoms with Gasteiger partial charge in [0.1, 0.15) is 4.83 Å². The van der Waals surface area contributed by atoms with E-state index in [0.29, 0.717) is 0 Å². The molecule has 0 saturated carbocycles. The zero-order chi connectivity index (χ0) is 8.97. The van der Waals surface area contributed by atoms with Crippen molar-refractivity contribution in [1.29, 1.82) is 5.26 Å². The summed E-state index contributed by atoms with van der Waals surface area (Å²) in [7, 11) is 0. The summed E-state index contributed by atoms with van der Waals surface area (Å²) in [6.45, 7) is 0. The molecule has 3 heteroatoms. The molecule has 0 amide bonds. The van der Waals surface area contributed by atoms with Crippen LogP contribution in [0.2, 0.25) is 0 Å². The van der Waals surface area contributed by atoms with Crippen molar-refractivity contribution in [3.63, 3.8) is 0 Å². The van der Waals surface area contributed by atoms with Crippen LogP contribution in [0.1, 0.15) is 5.56 Å². The van der Waals surface area contributed by atoms with Crippen LogP contribution in [-0.2, 0) is 6.42 Å². The molecule has 0 aliphatic carbocycles. The molecule has 0 bridgehead atoms. The lowest BCUT2D eigenvalue weighted by molar-refractivity contribution is 1.04. The highest BCUT2D eigenvalue weighted by molar-refractivity contribution is 9.10. The fraction of sp³-hybridized carbons (Fsp3) is 0.222. The van der Waals surface area contributed by atoms with E-state index < -0.39 is 0 Å². The lowest BCUT2D eigenvalue weighted by Gasteiger charge is -2.01. The molecule has 62 valence electrons. The molecule has 0 saturated heterocycles. The Morgan fingerprint density at radius 1 is 1.50 bits per heavy atom. The number of alkyl halides is 1. The standard InChI is InChI=1S/C9H7Br2N/c10-8-3-1-2-7(4-8)5-9(11)6-12/h1-4,9H,5H2. The Kier molecular flexibility index (Phi) is 3.77. The first-order valence-electron chi connectivity index (χ1n) is 3.50. The van der Waals surface area contributed by atoms with Gasteiger partial charge in [0.15, 0.2) is 0 Å². The highest BCUT2D eigenvalue weighted by atomic mass is 79.9. The van der Waals surface area contributed by atoms with Crippen molar-refractivity contribution in [1.82, 2.24) is 0 Å². The van der Waals surface area contributed by atoms with Gasteiger partial charge < -0.3 is 0 Å². The molecule has 0 aliphatic rings. The van der Waals surface area contributed by atoms with Crippen LogP contribution in [0, 0.1) is 11.3 Å². The largest absolute Gasteiger partial charge is 0.197 e. The van der Waals surface area contributed by atoms with E-state index in [1.807, 2.05) is 24.3 Å². The first-order valence-corrected chi connectivity index (χ1v) is 5.21. The molecule has 1 unspecified atom stereocenters. The Morgan fingerprint density at radius 3 is 2.83 bits per heavy atom. The third-order valence-corrected chi connectivity index (χ3v) is 2.47. The molecule has 0 heterocycles. The molecule has 12 heavy (non-hydrogen) atoms. The van der Waals surface area contributed by atoms with Crippen molar-refractivity contribution in [3.8, 4) is 6.07 Å². The van der Waals surface area contributed by atoms with Gasteiger partial charge in [-0.05, 0) is 24.1 Å². The van der Waals surface area contributed by atoms with Crippen molar-refractivity contribution in [2.24, 2.45) is 0 Å². The lowest BCUT2D eigenvalue weighted by Crippen LogP contribution is -1.98. The molecular weight excluding hydrogens is 282 g/mol. The second kappa shape index (κ2) is 4.64. The molecule has 1 rings (SSSR count). The summed E-state index contributed by atoms with van der Waals surface area (Å²) in [6.07, 6.45) is 0.746. The van der Waals surface area contributed by atoms with Crippen molar-refractivity contribution < 1.29 is 0 Å². The highest BCUT2D eigenvalue weighted by Gasteiger charge is 2.02. The van der Waals surface area contributed by atoms with Gasteiger partial charge in [0, 0.05) is 4.47 Å². The van der Waals surface area contributed by atoms with E-state index in [1.165, 1.54) is 0 Å². The molecule has 1 nitrogen and oxygen atoms in total. The minimum absolute atomic E-state index is 0.0909. The number of nitriles is 1. The smallest absolute Gasteiger partial charge is 0.105 e. The molecule has 1 atom stereocenters. The zero-order valence-electron chi connectivity index (χ0n) is 6.30. The van der Waals surface area contributed by atoms with Crippen LogP contribution in [-0.4, -0.2) is 4.83 Å². The van der Waals surface area contributed by atoms with Gasteiger partial charge >= 0.3 is 0 Å². The Morgan fingerprint density at radius 2 is 2.25 bits per heavy atom. The average Bonchev–Trinajstić information content (AvgIpc) is 2.04. The fourth-order valence-electron chi connectivity index (χ4n) is 0.917. The summed E-state index contributed by atoms with van der Waals surface area (Å²) in [5.74, 6) is 0. The van der Waals surface area contributed by atoms with Crippen LogP contribution in [0.3, 0.4) is 0 Å². The zero-order valence-corrected chi connectivity index (χ0v) is 9.47. The number of hydrogen-bond acceptors (Lipinski definition) is 1. The molecule has 0 spiro atoms. The summed E-state index contributed by atoms with van der Waals surface area (Å²) in [5.41, 5.74) is 1.16. The quantitative estimate of drug-likeness (QED) is 0.766. The van der Waals surface area contributed by atoms with Crippen molar-refractivity contribution in [2.45, 2.75) is 11.2 Å². The summed E-state index contributed by atoms with van der Waals surface area (Å²) in [4.78, 5) is -0.0909. The van der Waals surface area contributed by atoms with Crippen LogP contribution in [0.15, 0.2) is 28.7 Å². The van der Waals surface area contributed by atoms with E-state index in [-0.39, 0.29) is 4.83 Å². The van der Waals surface area contributed by atoms with E-state index in [4.69, 9.17) is 5.26 Å². The number of halogens is 2. The van der Waals surface area contributed by atoms with Crippen LogP contribution >= 0.6 is 31.9 Å². The van der Waals surface area contributed by atoms with Gasteiger partial charge in [-0.1, -0.05) is 44.0 Å². The van der Waals surface area contributed by atoms with Crippen LogP contribution < -0.4 is 0 Å². The van der Waals surface area contributed by atoms with Crippen molar-refractivity contribution in [2.75, 3.05) is 0 Å². The Hall–Kier alpha value is -0.330. The third-order valence-electron chi connectivity index (χ3n) is 1.44. The molecular formula is C9H7Br2N. The molecule has 0 aromatic heterocycles. The topological polar surface area (TPSA) is 23.8 Å². The molecule has 0 fully saturated rings. The summed E-state index contributed by atoms with van der Waals surface area (Å²) in [5, 5.41) is 8.56. The van der Waals surface area contributed by atoms with E-state index in [9.17, 15) is 0 Å².